The van der Waals surface area contributed by atoms with Gasteiger partial charge >= 0.3 is 0 Å². The number of piperidine rings is 1. The van der Waals surface area contributed by atoms with E-state index in [2.05, 4.69) is 22.9 Å². The Hall–Kier alpha value is -2.25. The molecule has 26 heavy (non-hydrogen) atoms. The van der Waals surface area contributed by atoms with Crippen molar-refractivity contribution < 1.29 is 14.4 Å². The molecule has 138 valence electrons. The van der Waals surface area contributed by atoms with Crippen LogP contribution < -0.4 is 16.0 Å². The van der Waals surface area contributed by atoms with E-state index in [9.17, 15) is 14.4 Å². The van der Waals surface area contributed by atoms with Crippen LogP contribution in [0.4, 0.5) is 0 Å². The summed E-state index contributed by atoms with van der Waals surface area (Å²) in [5.74, 6) is -0.757. The maximum atomic E-state index is 12.7. The fourth-order valence-electron chi connectivity index (χ4n) is 3.92. The summed E-state index contributed by atoms with van der Waals surface area (Å²) in [7, 11) is 0. The van der Waals surface area contributed by atoms with Gasteiger partial charge in [0.25, 0.3) is 5.91 Å². The molecular formula is C19H24N4O3. The number of nitrogens with zero attached hydrogens (tertiary/aromatic N) is 1. The molecule has 0 aromatic heterocycles. The number of imide groups is 1. The molecule has 0 aliphatic carbocycles. The van der Waals surface area contributed by atoms with Crippen molar-refractivity contribution in [1.29, 1.82) is 0 Å². The lowest BCUT2D eigenvalue weighted by Crippen LogP contribution is -2.56. The van der Waals surface area contributed by atoms with Crippen LogP contribution in [0.15, 0.2) is 18.2 Å². The van der Waals surface area contributed by atoms with Gasteiger partial charge in [-0.3, -0.25) is 19.7 Å². The minimum atomic E-state index is -0.555. The number of amides is 3. The zero-order valence-electron chi connectivity index (χ0n) is 14.9. The summed E-state index contributed by atoms with van der Waals surface area (Å²) in [5, 5.41) is 9.12. The first-order chi connectivity index (χ1) is 12.5. The lowest BCUT2D eigenvalue weighted by molar-refractivity contribution is -0.136. The van der Waals surface area contributed by atoms with E-state index in [1.54, 1.807) is 4.90 Å². The molecule has 3 N–H and O–H groups in total. The Morgan fingerprint density at radius 1 is 1.27 bits per heavy atom. The normalized spacial score (nSPS) is 24.3. The van der Waals surface area contributed by atoms with Crippen LogP contribution in [0.2, 0.25) is 0 Å². The quantitative estimate of drug-likeness (QED) is 0.653. The minimum absolute atomic E-state index is 0.123. The zero-order chi connectivity index (χ0) is 18.3. The summed E-state index contributed by atoms with van der Waals surface area (Å²) in [5.41, 5.74) is 3.08. The lowest BCUT2D eigenvalue weighted by Gasteiger charge is -2.39. The van der Waals surface area contributed by atoms with Gasteiger partial charge in [-0.15, -0.1) is 0 Å². The van der Waals surface area contributed by atoms with Crippen LogP contribution in [0.5, 0.6) is 0 Å². The highest BCUT2D eigenvalue weighted by atomic mass is 16.2. The summed E-state index contributed by atoms with van der Waals surface area (Å²) < 4.78 is 0. The third-order valence-electron chi connectivity index (χ3n) is 5.57. The first-order valence-electron chi connectivity index (χ1n) is 9.13. The molecule has 3 heterocycles. The van der Waals surface area contributed by atoms with Crippen molar-refractivity contribution in [2.45, 2.75) is 38.9 Å². The molecule has 7 heteroatoms. The molecule has 2 saturated heterocycles. The summed E-state index contributed by atoms with van der Waals surface area (Å²) in [6.45, 7) is 6.48. The Morgan fingerprint density at radius 3 is 2.77 bits per heavy atom. The molecular weight excluding hydrogens is 332 g/mol. The predicted molar refractivity (Wildman–Crippen MR) is 95.2 cm³/mol. The number of benzene rings is 1. The van der Waals surface area contributed by atoms with Crippen LogP contribution in [0.25, 0.3) is 0 Å². The average Bonchev–Trinajstić information content (AvgIpc) is 2.89. The van der Waals surface area contributed by atoms with Crippen LogP contribution >= 0.6 is 0 Å². The number of hydrogen-bond donors (Lipinski definition) is 3. The van der Waals surface area contributed by atoms with Crippen LogP contribution in [0, 0.1) is 5.41 Å². The number of carbonyl (C=O) groups is 3. The highest BCUT2D eigenvalue weighted by Gasteiger charge is 2.39. The van der Waals surface area contributed by atoms with Gasteiger partial charge < -0.3 is 15.5 Å². The Labute approximate surface area is 152 Å². The first kappa shape index (κ1) is 17.2. The van der Waals surface area contributed by atoms with E-state index in [4.69, 9.17) is 0 Å². The maximum Gasteiger partial charge on any atom is 0.255 e. The second-order valence-electron chi connectivity index (χ2n) is 7.91. The molecule has 3 amide bonds. The van der Waals surface area contributed by atoms with Gasteiger partial charge in [-0.05, 0) is 23.6 Å². The topological polar surface area (TPSA) is 90.5 Å². The highest BCUT2D eigenvalue weighted by Crippen LogP contribution is 2.28. The first-order valence-corrected chi connectivity index (χ1v) is 9.13. The van der Waals surface area contributed by atoms with Crippen LogP contribution in [0.3, 0.4) is 0 Å². The van der Waals surface area contributed by atoms with Gasteiger partial charge in [0.15, 0.2) is 0 Å². The number of rotatable bonds is 5. The molecule has 0 saturated carbocycles. The van der Waals surface area contributed by atoms with Crippen LogP contribution in [0.1, 0.15) is 41.3 Å². The maximum absolute atomic E-state index is 12.7. The molecule has 1 aromatic carbocycles. The summed E-state index contributed by atoms with van der Waals surface area (Å²) in [4.78, 5) is 37.7. The van der Waals surface area contributed by atoms with Crippen molar-refractivity contribution in [3.63, 3.8) is 0 Å². The predicted octanol–water partition coefficient (Wildman–Crippen LogP) is 0.147. The molecule has 1 aromatic rings. The number of carbonyl (C=O) groups excluding carboxylic acids is 3. The fourth-order valence-corrected chi connectivity index (χ4v) is 3.92. The molecule has 3 aliphatic heterocycles. The van der Waals surface area contributed by atoms with E-state index < -0.39 is 6.04 Å². The Morgan fingerprint density at radius 2 is 2.08 bits per heavy atom. The summed E-state index contributed by atoms with van der Waals surface area (Å²) in [6.07, 6.45) is 0.671. The van der Waals surface area contributed by atoms with Crippen molar-refractivity contribution in [2.75, 3.05) is 19.6 Å². The minimum Gasteiger partial charge on any atom is -0.322 e. The third-order valence-corrected chi connectivity index (χ3v) is 5.57. The smallest absolute Gasteiger partial charge is 0.255 e. The average molecular weight is 356 g/mol. The van der Waals surface area contributed by atoms with Crippen molar-refractivity contribution in [3.8, 4) is 0 Å². The van der Waals surface area contributed by atoms with E-state index in [0.717, 1.165) is 37.3 Å². The van der Waals surface area contributed by atoms with E-state index in [0.29, 0.717) is 23.9 Å². The lowest BCUT2D eigenvalue weighted by atomic mass is 9.84. The zero-order valence-corrected chi connectivity index (χ0v) is 14.9. The van der Waals surface area contributed by atoms with Crippen molar-refractivity contribution in [3.05, 3.63) is 34.9 Å². The van der Waals surface area contributed by atoms with Gasteiger partial charge in [0.05, 0.1) is 0 Å². The molecule has 1 atom stereocenters. The largest absolute Gasteiger partial charge is 0.322 e. The summed E-state index contributed by atoms with van der Waals surface area (Å²) in [6, 6.07) is 5.32. The van der Waals surface area contributed by atoms with Gasteiger partial charge in [0.2, 0.25) is 11.8 Å². The number of fused-ring (bicyclic) bond motifs is 1. The molecule has 0 bridgehead atoms. The van der Waals surface area contributed by atoms with E-state index in [-0.39, 0.29) is 24.1 Å². The standard InChI is InChI=1S/C19H24N4O3/c1-19(10-21-11-19)9-20-7-12-2-3-14-13(6-12)8-23(18(14)26)15-4-5-16(24)22-17(15)25/h2-3,6,15,20-21H,4-5,7-11H2,1H3,(H,22,24,25). The third kappa shape index (κ3) is 3.12. The van der Waals surface area contributed by atoms with Crippen molar-refractivity contribution in [1.82, 2.24) is 20.9 Å². The number of nitrogens with one attached hydrogen (secondary N) is 3. The van der Waals surface area contributed by atoms with Gasteiger partial charge in [-0.2, -0.15) is 0 Å². The second-order valence-corrected chi connectivity index (χ2v) is 7.91. The van der Waals surface area contributed by atoms with Gasteiger partial charge in [0, 0.05) is 50.1 Å². The van der Waals surface area contributed by atoms with Crippen molar-refractivity contribution in [2.24, 2.45) is 5.41 Å². The molecule has 7 nitrogen and oxygen atoms in total. The second kappa shape index (κ2) is 6.48. The monoisotopic (exact) mass is 356 g/mol. The van der Waals surface area contributed by atoms with E-state index in [1.165, 1.54) is 0 Å². The molecule has 0 spiro atoms. The van der Waals surface area contributed by atoms with Gasteiger partial charge in [0.1, 0.15) is 6.04 Å². The van der Waals surface area contributed by atoms with E-state index in [1.807, 2.05) is 18.2 Å². The van der Waals surface area contributed by atoms with Gasteiger partial charge in [-0.25, -0.2) is 0 Å². The highest BCUT2D eigenvalue weighted by molar-refractivity contribution is 6.05. The van der Waals surface area contributed by atoms with E-state index >= 15 is 0 Å². The van der Waals surface area contributed by atoms with Crippen LogP contribution in [-0.2, 0) is 22.7 Å². The SMILES string of the molecule is CC1(CNCc2ccc3c(c2)CN(C2CCC(=O)NC2=O)C3=O)CNC1. The molecule has 4 rings (SSSR count). The Bertz CT molecular complexity index is 772. The molecule has 2 fully saturated rings. The Balaban J connectivity index is 1.41. The Kier molecular flexibility index (Phi) is 4.28. The van der Waals surface area contributed by atoms with Gasteiger partial charge in [-0.1, -0.05) is 19.1 Å². The van der Waals surface area contributed by atoms with Crippen LogP contribution in [-0.4, -0.2) is 48.3 Å². The molecule has 3 aliphatic rings. The number of hydrogen-bond acceptors (Lipinski definition) is 5. The molecule has 1 unspecified atom stereocenters. The van der Waals surface area contributed by atoms with Crippen molar-refractivity contribution >= 4 is 17.7 Å². The fraction of sp³-hybridized carbons (Fsp3) is 0.526. The summed E-state index contributed by atoms with van der Waals surface area (Å²) >= 11 is 0. The molecule has 0 radical (unpaired) electrons.